The van der Waals surface area contributed by atoms with Crippen LogP contribution >= 0.6 is 0 Å². The van der Waals surface area contributed by atoms with E-state index in [0.717, 1.165) is 11.1 Å². The molecule has 1 N–H and O–H groups in total. The van der Waals surface area contributed by atoms with E-state index in [4.69, 9.17) is 4.74 Å². The Kier molecular flexibility index (Phi) is 4.69. The molecule has 0 atom stereocenters. The smallest absolute Gasteiger partial charge is 0.138 e. The van der Waals surface area contributed by atoms with Crippen LogP contribution in [0.2, 0.25) is 0 Å². The zero-order valence-electron chi connectivity index (χ0n) is 12.0. The monoisotopic (exact) mass is 274 g/mol. The Bertz CT molecular complexity index is 584. The number of hydrogen-bond donors (Lipinski definition) is 1. The second kappa shape index (κ2) is 6.48. The molecule has 1 aromatic heterocycles. The van der Waals surface area contributed by atoms with E-state index in [2.05, 4.69) is 10.3 Å². The average Bonchev–Trinajstić information content (AvgIpc) is 2.38. The van der Waals surface area contributed by atoms with Gasteiger partial charge in [-0.3, -0.25) is 4.98 Å². The maximum absolute atomic E-state index is 14.2. The highest BCUT2D eigenvalue weighted by atomic mass is 19.1. The Balaban J connectivity index is 2.31. The number of halogens is 1. The molecule has 0 spiro atoms. The Labute approximate surface area is 118 Å². The first-order chi connectivity index (χ1) is 9.60. The van der Waals surface area contributed by atoms with Crippen LogP contribution in [0.25, 0.3) is 11.1 Å². The molecule has 0 aliphatic heterocycles. The summed E-state index contributed by atoms with van der Waals surface area (Å²) in [5.41, 5.74) is 2.17. The van der Waals surface area contributed by atoms with Gasteiger partial charge < -0.3 is 10.1 Å². The van der Waals surface area contributed by atoms with E-state index in [1.807, 2.05) is 33.0 Å². The van der Waals surface area contributed by atoms with E-state index in [-0.39, 0.29) is 11.9 Å². The molecule has 3 nitrogen and oxygen atoms in total. The van der Waals surface area contributed by atoms with Crippen LogP contribution < -0.4 is 10.1 Å². The van der Waals surface area contributed by atoms with Crippen molar-refractivity contribution in [3.05, 3.63) is 48.0 Å². The fourth-order valence-corrected chi connectivity index (χ4v) is 2.01. The van der Waals surface area contributed by atoms with Crippen molar-refractivity contribution < 1.29 is 9.13 Å². The number of pyridine rings is 1. The van der Waals surface area contributed by atoms with Crippen molar-refractivity contribution in [2.75, 3.05) is 7.05 Å². The highest BCUT2D eigenvalue weighted by Gasteiger charge is 2.08. The van der Waals surface area contributed by atoms with Crippen LogP contribution in [0.1, 0.15) is 19.4 Å². The zero-order valence-corrected chi connectivity index (χ0v) is 12.0. The molecule has 0 aliphatic rings. The third-order valence-electron chi connectivity index (χ3n) is 2.81. The van der Waals surface area contributed by atoms with Gasteiger partial charge in [0.15, 0.2) is 0 Å². The average molecular weight is 274 g/mol. The fraction of sp³-hybridized carbons (Fsp3) is 0.312. The number of nitrogens with zero attached hydrogens (tertiary/aromatic N) is 1. The highest BCUT2D eigenvalue weighted by Crippen LogP contribution is 2.26. The molecule has 0 amide bonds. The second-order valence-corrected chi connectivity index (χ2v) is 4.92. The fourth-order valence-electron chi connectivity index (χ4n) is 2.01. The number of ether oxygens (including phenoxy) is 1. The standard InChI is InChI=1S/C16H19FN2O/c1-11(2)20-14-7-13(9-19-10-14)15-5-4-12(8-18-3)6-16(15)17/h4-7,9-11,18H,8H2,1-3H3. The van der Waals surface area contributed by atoms with E-state index in [1.165, 1.54) is 0 Å². The van der Waals surface area contributed by atoms with Crippen molar-refractivity contribution in [3.63, 3.8) is 0 Å². The molecule has 1 heterocycles. The molecule has 0 bridgehead atoms. The highest BCUT2D eigenvalue weighted by molar-refractivity contribution is 5.65. The lowest BCUT2D eigenvalue weighted by Gasteiger charge is -2.11. The lowest BCUT2D eigenvalue weighted by molar-refractivity contribution is 0.241. The van der Waals surface area contributed by atoms with Crippen LogP contribution in [0.15, 0.2) is 36.7 Å². The van der Waals surface area contributed by atoms with Gasteiger partial charge in [-0.1, -0.05) is 12.1 Å². The van der Waals surface area contributed by atoms with Gasteiger partial charge in [-0.2, -0.15) is 0 Å². The summed E-state index contributed by atoms with van der Waals surface area (Å²) in [5.74, 6) is 0.400. The first kappa shape index (κ1) is 14.5. The Hall–Kier alpha value is -1.94. The zero-order chi connectivity index (χ0) is 14.5. The molecule has 106 valence electrons. The second-order valence-electron chi connectivity index (χ2n) is 4.92. The molecule has 0 saturated heterocycles. The number of nitrogens with one attached hydrogen (secondary N) is 1. The molecule has 0 fully saturated rings. The van der Waals surface area contributed by atoms with Crippen LogP contribution in [0.3, 0.4) is 0 Å². The van der Waals surface area contributed by atoms with Crippen LogP contribution in [-0.4, -0.2) is 18.1 Å². The lowest BCUT2D eigenvalue weighted by Crippen LogP contribution is -2.06. The van der Waals surface area contributed by atoms with Gasteiger partial charge in [0.1, 0.15) is 11.6 Å². The van der Waals surface area contributed by atoms with Crippen LogP contribution in [-0.2, 0) is 6.54 Å². The molecular weight excluding hydrogens is 255 g/mol. The minimum atomic E-state index is -0.249. The molecule has 20 heavy (non-hydrogen) atoms. The largest absolute Gasteiger partial charge is 0.489 e. The minimum Gasteiger partial charge on any atom is -0.489 e. The molecule has 0 saturated carbocycles. The van der Waals surface area contributed by atoms with E-state index in [1.54, 1.807) is 24.5 Å². The Morgan fingerprint density at radius 2 is 2.05 bits per heavy atom. The molecule has 4 heteroatoms. The van der Waals surface area contributed by atoms with Crippen LogP contribution in [0.4, 0.5) is 4.39 Å². The quantitative estimate of drug-likeness (QED) is 0.907. The van der Waals surface area contributed by atoms with Gasteiger partial charge in [0, 0.05) is 23.9 Å². The summed E-state index contributed by atoms with van der Waals surface area (Å²) in [6.45, 7) is 4.53. The van der Waals surface area contributed by atoms with Crippen molar-refractivity contribution in [2.24, 2.45) is 0 Å². The third kappa shape index (κ3) is 3.54. The van der Waals surface area contributed by atoms with E-state index < -0.39 is 0 Å². The van der Waals surface area contributed by atoms with Crippen molar-refractivity contribution >= 4 is 0 Å². The van der Waals surface area contributed by atoms with Crippen molar-refractivity contribution in [1.29, 1.82) is 0 Å². The summed E-state index contributed by atoms with van der Waals surface area (Å²) in [6.07, 6.45) is 3.34. The van der Waals surface area contributed by atoms with E-state index in [9.17, 15) is 4.39 Å². The van der Waals surface area contributed by atoms with E-state index >= 15 is 0 Å². The minimum absolute atomic E-state index is 0.0647. The molecule has 0 radical (unpaired) electrons. The third-order valence-corrected chi connectivity index (χ3v) is 2.81. The number of benzene rings is 1. The first-order valence-corrected chi connectivity index (χ1v) is 6.65. The number of aromatic nitrogens is 1. The summed E-state index contributed by atoms with van der Waals surface area (Å²) < 4.78 is 19.7. The molecule has 0 unspecified atom stereocenters. The Morgan fingerprint density at radius 1 is 1.25 bits per heavy atom. The van der Waals surface area contributed by atoms with Crippen molar-refractivity contribution in [1.82, 2.24) is 10.3 Å². The number of rotatable bonds is 5. The normalized spacial score (nSPS) is 10.8. The Morgan fingerprint density at radius 3 is 2.70 bits per heavy atom. The van der Waals surface area contributed by atoms with Gasteiger partial charge in [0.25, 0.3) is 0 Å². The predicted molar refractivity (Wildman–Crippen MR) is 78.2 cm³/mol. The summed E-state index contributed by atoms with van der Waals surface area (Å²) in [7, 11) is 1.84. The molecule has 0 aliphatic carbocycles. The van der Waals surface area contributed by atoms with Gasteiger partial charge in [-0.15, -0.1) is 0 Å². The van der Waals surface area contributed by atoms with Crippen LogP contribution in [0.5, 0.6) is 5.75 Å². The summed E-state index contributed by atoms with van der Waals surface area (Å²) >= 11 is 0. The summed E-state index contributed by atoms with van der Waals surface area (Å²) in [4.78, 5) is 4.11. The topological polar surface area (TPSA) is 34.2 Å². The molecule has 1 aromatic carbocycles. The van der Waals surface area contributed by atoms with Crippen molar-refractivity contribution in [3.8, 4) is 16.9 Å². The van der Waals surface area contributed by atoms with Gasteiger partial charge in [0.05, 0.1) is 12.3 Å². The van der Waals surface area contributed by atoms with Gasteiger partial charge in [0.2, 0.25) is 0 Å². The number of hydrogen-bond acceptors (Lipinski definition) is 3. The van der Waals surface area contributed by atoms with Crippen LogP contribution in [0, 0.1) is 5.82 Å². The van der Waals surface area contributed by atoms with Crippen molar-refractivity contribution in [2.45, 2.75) is 26.5 Å². The molecule has 2 rings (SSSR count). The van der Waals surface area contributed by atoms with Gasteiger partial charge in [-0.25, -0.2) is 4.39 Å². The van der Waals surface area contributed by atoms with Gasteiger partial charge >= 0.3 is 0 Å². The van der Waals surface area contributed by atoms with E-state index in [0.29, 0.717) is 17.9 Å². The lowest BCUT2D eigenvalue weighted by atomic mass is 10.0. The maximum atomic E-state index is 14.2. The summed E-state index contributed by atoms with van der Waals surface area (Å²) in [5, 5.41) is 3.00. The summed E-state index contributed by atoms with van der Waals surface area (Å²) in [6, 6.07) is 7.04. The molecule has 2 aromatic rings. The maximum Gasteiger partial charge on any atom is 0.138 e. The SMILES string of the molecule is CNCc1ccc(-c2cncc(OC(C)C)c2)c(F)c1. The first-order valence-electron chi connectivity index (χ1n) is 6.65. The van der Waals surface area contributed by atoms with Gasteiger partial charge in [-0.05, 0) is 38.6 Å². The molecular formula is C16H19FN2O. The predicted octanol–water partition coefficient (Wildman–Crippen LogP) is 3.39.